The summed E-state index contributed by atoms with van der Waals surface area (Å²) < 4.78 is 15.5. The van der Waals surface area contributed by atoms with Crippen LogP contribution in [0.1, 0.15) is 47.0 Å². The van der Waals surface area contributed by atoms with Crippen molar-refractivity contribution in [2.24, 2.45) is 0 Å². The van der Waals surface area contributed by atoms with Gasteiger partial charge in [-0.3, -0.25) is 9.59 Å². The van der Waals surface area contributed by atoms with Crippen LogP contribution >= 0.6 is 0 Å². The van der Waals surface area contributed by atoms with Crippen molar-refractivity contribution in [3.8, 4) is 0 Å². The number of rotatable bonds is 9. The minimum Gasteiger partial charge on any atom is -0.463 e. The van der Waals surface area contributed by atoms with Crippen molar-refractivity contribution in [2.45, 2.75) is 59.2 Å². The maximum absolute atomic E-state index is 11.1. The van der Waals surface area contributed by atoms with Gasteiger partial charge in [0.15, 0.2) is 0 Å². The smallest absolute Gasteiger partial charge is 0.305 e. The fourth-order valence-corrected chi connectivity index (χ4v) is 1.18. The van der Waals surface area contributed by atoms with Gasteiger partial charge >= 0.3 is 11.9 Å². The van der Waals surface area contributed by atoms with Crippen LogP contribution in [0.5, 0.6) is 0 Å². The molecule has 0 saturated carbocycles. The third-order valence-electron chi connectivity index (χ3n) is 2.17. The highest BCUT2D eigenvalue weighted by atomic mass is 16.6. The summed E-state index contributed by atoms with van der Waals surface area (Å²) in [5.74, 6) is -0.452. The molecule has 106 valence electrons. The van der Waals surface area contributed by atoms with E-state index in [2.05, 4.69) is 0 Å². The van der Waals surface area contributed by atoms with Crippen molar-refractivity contribution in [1.82, 2.24) is 0 Å². The van der Waals surface area contributed by atoms with E-state index in [1.165, 1.54) is 0 Å². The molecule has 0 aromatic carbocycles. The van der Waals surface area contributed by atoms with Gasteiger partial charge in [-0.05, 0) is 20.3 Å². The van der Waals surface area contributed by atoms with E-state index in [0.717, 1.165) is 6.42 Å². The number of hydrogen-bond acceptors (Lipinski definition) is 5. The highest BCUT2D eigenvalue weighted by Crippen LogP contribution is 2.00. The molecule has 0 saturated heterocycles. The number of carbonyl (C=O) groups excluding carboxylic acids is 2. The molecular formula is C13H24O5. The Morgan fingerprint density at radius 1 is 1.00 bits per heavy atom. The van der Waals surface area contributed by atoms with E-state index in [1.807, 2.05) is 13.8 Å². The Hall–Kier alpha value is -1.10. The van der Waals surface area contributed by atoms with E-state index in [4.69, 9.17) is 14.2 Å². The Bertz CT molecular complexity index is 252. The minimum atomic E-state index is -0.286. The van der Waals surface area contributed by atoms with Crippen LogP contribution in [0, 0.1) is 0 Å². The molecule has 5 heteroatoms. The zero-order valence-electron chi connectivity index (χ0n) is 11.7. The molecule has 0 fully saturated rings. The summed E-state index contributed by atoms with van der Waals surface area (Å²) >= 11 is 0. The standard InChI is InChI=1S/C13H24O5/c1-5-7-13(15)17-8-10(3)16-9-11(4)18-12(14)6-2/h10-11H,5-9H2,1-4H3. The molecule has 18 heavy (non-hydrogen) atoms. The summed E-state index contributed by atoms with van der Waals surface area (Å²) in [5, 5.41) is 0. The summed E-state index contributed by atoms with van der Waals surface area (Å²) in [6.45, 7) is 7.78. The Balaban J connectivity index is 3.66. The Morgan fingerprint density at radius 3 is 2.22 bits per heavy atom. The van der Waals surface area contributed by atoms with E-state index in [1.54, 1.807) is 13.8 Å². The van der Waals surface area contributed by atoms with Gasteiger partial charge in [0, 0.05) is 12.8 Å². The molecule has 0 aliphatic carbocycles. The molecule has 0 N–H and O–H groups in total. The summed E-state index contributed by atoms with van der Waals surface area (Å²) in [6.07, 6.45) is 1.07. The second-order valence-corrected chi connectivity index (χ2v) is 4.23. The third-order valence-corrected chi connectivity index (χ3v) is 2.17. The van der Waals surface area contributed by atoms with Gasteiger partial charge in [-0.2, -0.15) is 0 Å². The van der Waals surface area contributed by atoms with Gasteiger partial charge in [0.1, 0.15) is 12.7 Å². The van der Waals surface area contributed by atoms with Crippen LogP contribution in [-0.4, -0.2) is 37.4 Å². The lowest BCUT2D eigenvalue weighted by Gasteiger charge is -2.17. The van der Waals surface area contributed by atoms with Gasteiger partial charge in [0.25, 0.3) is 0 Å². The molecule has 5 nitrogen and oxygen atoms in total. The number of esters is 2. The molecule has 0 aliphatic heterocycles. The first kappa shape index (κ1) is 16.9. The number of ether oxygens (including phenoxy) is 3. The summed E-state index contributed by atoms with van der Waals surface area (Å²) in [7, 11) is 0. The van der Waals surface area contributed by atoms with Crippen molar-refractivity contribution < 1.29 is 23.8 Å². The minimum absolute atomic E-state index is 0.200. The van der Waals surface area contributed by atoms with Crippen molar-refractivity contribution in [1.29, 1.82) is 0 Å². The van der Waals surface area contributed by atoms with Crippen molar-refractivity contribution in [3.05, 3.63) is 0 Å². The zero-order chi connectivity index (χ0) is 14.0. The Morgan fingerprint density at radius 2 is 1.67 bits per heavy atom. The van der Waals surface area contributed by atoms with Crippen LogP contribution in [0.2, 0.25) is 0 Å². The molecule has 0 aromatic heterocycles. The molecule has 0 radical (unpaired) electrons. The normalized spacial score (nSPS) is 13.8. The van der Waals surface area contributed by atoms with Crippen LogP contribution in [0.25, 0.3) is 0 Å². The third kappa shape index (κ3) is 8.98. The molecule has 0 aliphatic rings. The zero-order valence-corrected chi connectivity index (χ0v) is 11.7. The first-order chi connectivity index (χ1) is 8.49. The van der Waals surface area contributed by atoms with Crippen LogP contribution in [0.4, 0.5) is 0 Å². The summed E-state index contributed by atoms with van der Waals surface area (Å²) in [6, 6.07) is 0. The van der Waals surface area contributed by atoms with Crippen molar-refractivity contribution in [2.75, 3.05) is 13.2 Å². The fourth-order valence-electron chi connectivity index (χ4n) is 1.18. The predicted octanol–water partition coefficient (Wildman–Crippen LogP) is 2.08. The molecule has 0 heterocycles. The average molecular weight is 260 g/mol. The van der Waals surface area contributed by atoms with E-state index < -0.39 is 0 Å². The van der Waals surface area contributed by atoms with Gasteiger partial charge < -0.3 is 14.2 Å². The quantitative estimate of drug-likeness (QED) is 0.594. The van der Waals surface area contributed by atoms with Gasteiger partial charge in [-0.15, -0.1) is 0 Å². The van der Waals surface area contributed by atoms with E-state index in [-0.39, 0.29) is 30.8 Å². The Labute approximate surface area is 109 Å². The van der Waals surface area contributed by atoms with Crippen LogP contribution in [0.3, 0.4) is 0 Å². The van der Waals surface area contributed by atoms with Crippen LogP contribution in [0.15, 0.2) is 0 Å². The maximum Gasteiger partial charge on any atom is 0.305 e. The van der Waals surface area contributed by atoms with E-state index in [0.29, 0.717) is 19.4 Å². The molecule has 0 amide bonds. The van der Waals surface area contributed by atoms with Crippen molar-refractivity contribution in [3.63, 3.8) is 0 Å². The molecule has 2 atom stereocenters. The largest absolute Gasteiger partial charge is 0.463 e. The van der Waals surface area contributed by atoms with Crippen LogP contribution < -0.4 is 0 Å². The van der Waals surface area contributed by atoms with Crippen molar-refractivity contribution >= 4 is 11.9 Å². The highest BCUT2D eigenvalue weighted by Gasteiger charge is 2.11. The highest BCUT2D eigenvalue weighted by molar-refractivity contribution is 5.69. The Kier molecular flexibility index (Phi) is 9.28. The fraction of sp³-hybridized carbons (Fsp3) is 0.846. The second-order valence-electron chi connectivity index (χ2n) is 4.23. The first-order valence-corrected chi connectivity index (χ1v) is 6.46. The SMILES string of the molecule is CCCC(=O)OCC(C)OCC(C)OC(=O)CC. The number of carbonyl (C=O) groups is 2. The lowest BCUT2D eigenvalue weighted by Crippen LogP contribution is -2.26. The summed E-state index contributed by atoms with van der Waals surface area (Å²) in [5.41, 5.74) is 0. The molecule has 2 unspecified atom stereocenters. The summed E-state index contributed by atoms with van der Waals surface area (Å²) in [4.78, 5) is 22.1. The maximum atomic E-state index is 11.1. The molecule has 0 aromatic rings. The van der Waals surface area contributed by atoms with E-state index >= 15 is 0 Å². The van der Waals surface area contributed by atoms with Gasteiger partial charge in [-0.25, -0.2) is 0 Å². The first-order valence-electron chi connectivity index (χ1n) is 6.46. The predicted molar refractivity (Wildman–Crippen MR) is 67.1 cm³/mol. The molecule has 0 rings (SSSR count). The average Bonchev–Trinajstić information content (AvgIpc) is 2.34. The lowest BCUT2D eigenvalue weighted by molar-refractivity contribution is -0.154. The monoisotopic (exact) mass is 260 g/mol. The number of hydrogen-bond donors (Lipinski definition) is 0. The van der Waals surface area contributed by atoms with Gasteiger partial charge in [0.05, 0.1) is 12.7 Å². The molecular weight excluding hydrogens is 236 g/mol. The second kappa shape index (κ2) is 9.88. The van der Waals surface area contributed by atoms with Gasteiger partial charge in [-0.1, -0.05) is 13.8 Å². The van der Waals surface area contributed by atoms with E-state index in [9.17, 15) is 9.59 Å². The van der Waals surface area contributed by atoms with Gasteiger partial charge in [0.2, 0.25) is 0 Å². The molecule has 0 spiro atoms. The lowest BCUT2D eigenvalue weighted by atomic mass is 10.3. The van der Waals surface area contributed by atoms with Crippen LogP contribution in [-0.2, 0) is 23.8 Å². The molecule has 0 bridgehead atoms. The topological polar surface area (TPSA) is 61.8 Å².